The van der Waals surface area contributed by atoms with Gasteiger partial charge in [-0.05, 0) is 43.2 Å². The number of ether oxygens (including phenoxy) is 1. The third-order valence-corrected chi connectivity index (χ3v) is 8.28. The molecule has 0 saturated carbocycles. The van der Waals surface area contributed by atoms with Gasteiger partial charge in [-0.15, -0.1) is 11.8 Å². The number of esters is 1. The molecule has 0 unspecified atom stereocenters. The van der Waals surface area contributed by atoms with Crippen LogP contribution in [0, 0.1) is 0 Å². The quantitative estimate of drug-likeness (QED) is 0.124. The average molecular weight is 586 g/mol. The number of carbonyl (C=O) groups excluding carboxylic acids is 1. The number of nitrogens with zero attached hydrogens (tertiary/aromatic N) is 3. The van der Waals surface area contributed by atoms with Crippen LogP contribution in [0.4, 0.5) is 0 Å². The third-order valence-electron chi connectivity index (χ3n) is 6.21. The van der Waals surface area contributed by atoms with E-state index >= 15 is 0 Å². The zero-order chi connectivity index (χ0) is 29.1. The van der Waals surface area contributed by atoms with Gasteiger partial charge in [-0.3, -0.25) is 4.99 Å². The molecule has 3 rings (SSSR count). The summed E-state index contributed by atoms with van der Waals surface area (Å²) in [7, 11) is -2.35. The molecule has 0 saturated heterocycles. The van der Waals surface area contributed by atoms with Crippen LogP contribution in [0.25, 0.3) is 11.1 Å². The maximum absolute atomic E-state index is 13.3. The summed E-state index contributed by atoms with van der Waals surface area (Å²) in [5, 5.41) is 3.66. The zero-order valence-electron chi connectivity index (χ0n) is 23.9. The largest absolute Gasteiger partial charge is 0.461 e. The molecule has 0 amide bonds. The fourth-order valence-electron chi connectivity index (χ4n) is 4.21. The van der Waals surface area contributed by atoms with Crippen molar-refractivity contribution in [2.75, 3.05) is 26.5 Å². The first-order valence-electron chi connectivity index (χ1n) is 13.5. The fourth-order valence-corrected chi connectivity index (χ4v) is 6.05. The Morgan fingerprint density at radius 1 is 1.07 bits per heavy atom. The van der Waals surface area contributed by atoms with Crippen molar-refractivity contribution in [3.63, 3.8) is 0 Å². The van der Waals surface area contributed by atoms with Gasteiger partial charge in [0.1, 0.15) is 10.9 Å². The second-order valence-electron chi connectivity index (χ2n) is 9.09. The predicted molar refractivity (Wildman–Crippen MR) is 162 cm³/mol. The number of carbonyl (C=O) groups is 1. The molecule has 0 aliphatic heterocycles. The van der Waals surface area contributed by atoms with Crippen LogP contribution in [0.3, 0.4) is 0 Å². The molecule has 9 nitrogen and oxygen atoms in total. The standard InChI is InChI=1S/C29H39N5O4S2/c1-6-9-14-25-32-27(39-5)26(28(35)38-8-3)34(25)20-21-15-17-22(18-16-21)23-12-10-11-13-24(23)40(36,37)33-29(30-4)31-19-7-2/h10-13,15-18H,6-9,14,19-20H2,1-5H3,(H2,30,31,33). The minimum Gasteiger partial charge on any atom is -0.461 e. The summed E-state index contributed by atoms with van der Waals surface area (Å²) in [4.78, 5) is 21.8. The van der Waals surface area contributed by atoms with E-state index in [0.717, 1.165) is 42.6 Å². The molecule has 40 heavy (non-hydrogen) atoms. The van der Waals surface area contributed by atoms with Crippen molar-refractivity contribution in [1.29, 1.82) is 0 Å². The van der Waals surface area contributed by atoms with E-state index in [-0.39, 0.29) is 23.4 Å². The first-order valence-corrected chi connectivity index (χ1v) is 16.2. The Morgan fingerprint density at radius 3 is 2.42 bits per heavy atom. The molecule has 216 valence electrons. The highest BCUT2D eigenvalue weighted by Crippen LogP contribution is 2.29. The number of benzene rings is 2. The SMILES string of the molecule is CCCCc1nc(SC)c(C(=O)OCC)n1Cc1ccc(-c2ccccc2S(=O)(=O)NC(=NC)NCCC)cc1. The van der Waals surface area contributed by atoms with E-state index in [1.54, 1.807) is 25.1 Å². The molecule has 0 fully saturated rings. The van der Waals surface area contributed by atoms with Gasteiger partial charge < -0.3 is 14.6 Å². The van der Waals surface area contributed by atoms with Crippen molar-refractivity contribution in [2.45, 2.75) is 62.9 Å². The van der Waals surface area contributed by atoms with E-state index in [1.165, 1.54) is 18.8 Å². The second kappa shape index (κ2) is 14.9. The predicted octanol–water partition coefficient (Wildman–Crippen LogP) is 5.10. The molecule has 1 heterocycles. The Bertz CT molecular complexity index is 1420. The number of rotatable bonds is 13. The monoisotopic (exact) mass is 585 g/mol. The van der Waals surface area contributed by atoms with Crippen molar-refractivity contribution in [3.8, 4) is 11.1 Å². The lowest BCUT2D eigenvalue weighted by atomic mass is 10.0. The van der Waals surface area contributed by atoms with Crippen LogP contribution in [0.5, 0.6) is 0 Å². The van der Waals surface area contributed by atoms with Gasteiger partial charge in [0.15, 0.2) is 5.69 Å². The Labute approximate surface area is 241 Å². The van der Waals surface area contributed by atoms with Crippen molar-refractivity contribution < 1.29 is 17.9 Å². The molecule has 1 aromatic heterocycles. The van der Waals surface area contributed by atoms with Gasteiger partial charge in [0.2, 0.25) is 5.96 Å². The van der Waals surface area contributed by atoms with E-state index in [2.05, 4.69) is 22.0 Å². The van der Waals surface area contributed by atoms with E-state index in [0.29, 0.717) is 29.4 Å². The molecular formula is C29H39N5O4S2. The van der Waals surface area contributed by atoms with Crippen molar-refractivity contribution in [3.05, 3.63) is 65.6 Å². The number of sulfonamides is 1. The maximum Gasteiger partial charge on any atom is 0.357 e. The molecule has 11 heteroatoms. The van der Waals surface area contributed by atoms with Crippen LogP contribution in [-0.4, -0.2) is 56.4 Å². The molecule has 2 N–H and O–H groups in total. The first-order chi connectivity index (χ1) is 19.3. The molecule has 0 aliphatic carbocycles. The minimum absolute atomic E-state index is 0.160. The number of hydrogen-bond acceptors (Lipinski definition) is 7. The van der Waals surface area contributed by atoms with Gasteiger partial charge in [0.05, 0.1) is 11.5 Å². The number of hydrogen-bond donors (Lipinski definition) is 2. The van der Waals surface area contributed by atoms with Crippen LogP contribution in [0.15, 0.2) is 63.4 Å². The third kappa shape index (κ3) is 7.66. The van der Waals surface area contributed by atoms with Crippen LogP contribution in [0.2, 0.25) is 0 Å². The Hall–Kier alpha value is -3.31. The highest BCUT2D eigenvalue weighted by atomic mass is 32.2. The van der Waals surface area contributed by atoms with E-state index in [4.69, 9.17) is 9.72 Å². The summed E-state index contributed by atoms with van der Waals surface area (Å²) in [5.74, 6) is 0.674. The second-order valence-corrected chi connectivity index (χ2v) is 11.5. The number of unbranched alkanes of at least 4 members (excludes halogenated alkanes) is 1. The Balaban J connectivity index is 1.94. The number of imidazole rings is 1. The number of aromatic nitrogens is 2. The summed E-state index contributed by atoms with van der Waals surface area (Å²) in [5.41, 5.74) is 2.76. The molecule has 2 aromatic carbocycles. The van der Waals surface area contributed by atoms with Gasteiger partial charge in [-0.1, -0.05) is 62.7 Å². The lowest BCUT2D eigenvalue weighted by Gasteiger charge is -2.15. The first kappa shape index (κ1) is 31.2. The van der Waals surface area contributed by atoms with Crippen molar-refractivity contribution in [2.24, 2.45) is 4.99 Å². The number of thioether (sulfide) groups is 1. The lowest BCUT2D eigenvalue weighted by molar-refractivity contribution is 0.0509. The van der Waals surface area contributed by atoms with E-state index in [1.807, 2.05) is 48.1 Å². The summed E-state index contributed by atoms with van der Waals surface area (Å²) >= 11 is 1.43. The molecule has 0 bridgehead atoms. The van der Waals surface area contributed by atoms with E-state index < -0.39 is 10.0 Å². The fraction of sp³-hybridized carbons (Fsp3) is 0.414. The molecule has 3 aromatic rings. The molecule has 0 atom stereocenters. The molecule has 0 spiro atoms. The topological polar surface area (TPSA) is 115 Å². The summed E-state index contributed by atoms with van der Waals surface area (Å²) in [6.07, 6.45) is 5.48. The highest BCUT2D eigenvalue weighted by Gasteiger charge is 2.24. The summed E-state index contributed by atoms with van der Waals surface area (Å²) < 4.78 is 36.4. The van der Waals surface area contributed by atoms with Gasteiger partial charge >= 0.3 is 5.97 Å². The Morgan fingerprint density at radius 2 is 1.80 bits per heavy atom. The van der Waals surface area contributed by atoms with Gasteiger partial charge in [-0.25, -0.2) is 22.9 Å². The number of aliphatic imine (C=N–C) groups is 1. The van der Waals surface area contributed by atoms with Crippen LogP contribution in [0.1, 0.15) is 61.9 Å². The summed E-state index contributed by atoms with van der Waals surface area (Å²) in [6.45, 7) is 7.24. The Kier molecular flexibility index (Phi) is 11.6. The highest BCUT2D eigenvalue weighted by molar-refractivity contribution is 7.98. The van der Waals surface area contributed by atoms with E-state index in [9.17, 15) is 13.2 Å². The van der Waals surface area contributed by atoms with Gasteiger partial charge in [-0.2, -0.15) is 0 Å². The number of aryl methyl sites for hydroxylation is 1. The van der Waals surface area contributed by atoms with Gasteiger partial charge in [0, 0.05) is 32.1 Å². The van der Waals surface area contributed by atoms with Crippen LogP contribution >= 0.6 is 11.8 Å². The zero-order valence-corrected chi connectivity index (χ0v) is 25.5. The van der Waals surface area contributed by atoms with Crippen molar-refractivity contribution in [1.82, 2.24) is 19.6 Å². The minimum atomic E-state index is -3.88. The van der Waals surface area contributed by atoms with Gasteiger partial charge in [0.25, 0.3) is 10.0 Å². The summed E-state index contributed by atoms with van der Waals surface area (Å²) in [6, 6.07) is 14.6. The lowest BCUT2D eigenvalue weighted by Crippen LogP contribution is -2.41. The molecular weight excluding hydrogens is 546 g/mol. The molecule has 0 radical (unpaired) electrons. The maximum atomic E-state index is 13.3. The normalized spacial score (nSPS) is 11.9. The molecule has 0 aliphatic rings. The average Bonchev–Trinajstić information content (AvgIpc) is 3.31. The van der Waals surface area contributed by atoms with Crippen LogP contribution < -0.4 is 10.0 Å². The number of guanidine groups is 1. The smallest absolute Gasteiger partial charge is 0.357 e. The number of nitrogens with one attached hydrogen (secondary N) is 2. The van der Waals surface area contributed by atoms with Crippen LogP contribution in [-0.2, 0) is 27.7 Å². The van der Waals surface area contributed by atoms with Crippen molar-refractivity contribution >= 4 is 33.7 Å².